The Labute approximate surface area is 152 Å². The van der Waals surface area contributed by atoms with E-state index in [-0.39, 0.29) is 0 Å². The van der Waals surface area contributed by atoms with Crippen LogP contribution in [0, 0.1) is 29.4 Å². The van der Waals surface area contributed by atoms with Crippen LogP contribution < -0.4 is 0 Å². The lowest BCUT2D eigenvalue weighted by Crippen LogP contribution is -2.27. The van der Waals surface area contributed by atoms with Gasteiger partial charge in [0, 0.05) is 0 Å². The molecule has 1 aromatic rings. The standard InChI is InChI=1S/C23H34F2/c1-2-3-4-5-6-7-17-8-10-18(11-9-17)20-13-12-19-14-15-22(24)23(25)21(19)16-20/h14-15,17-18,20H,2-13,16H2,1H3. The van der Waals surface area contributed by atoms with Gasteiger partial charge in [-0.05, 0) is 67.1 Å². The lowest BCUT2D eigenvalue weighted by atomic mass is 9.69. The van der Waals surface area contributed by atoms with Crippen molar-refractivity contribution in [3.8, 4) is 0 Å². The fourth-order valence-electron chi connectivity index (χ4n) is 5.18. The Bertz CT molecular complexity index is 543. The van der Waals surface area contributed by atoms with E-state index in [0.29, 0.717) is 11.5 Å². The molecule has 2 aliphatic carbocycles. The lowest BCUT2D eigenvalue weighted by Gasteiger charge is -2.36. The molecule has 0 aromatic heterocycles. The Hall–Kier alpha value is -0.920. The zero-order valence-corrected chi connectivity index (χ0v) is 15.8. The Kier molecular flexibility index (Phi) is 6.90. The van der Waals surface area contributed by atoms with E-state index < -0.39 is 11.6 Å². The summed E-state index contributed by atoms with van der Waals surface area (Å²) in [6.07, 6.45) is 16.5. The summed E-state index contributed by atoms with van der Waals surface area (Å²) in [6, 6.07) is 3.08. The smallest absolute Gasteiger partial charge is 0.162 e. The molecule has 0 spiro atoms. The molecule has 0 saturated heterocycles. The maximum absolute atomic E-state index is 14.1. The zero-order valence-electron chi connectivity index (χ0n) is 15.8. The lowest BCUT2D eigenvalue weighted by molar-refractivity contribution is 0.181. The van der Waals surface area contributed by atoms with Crippen LogP contribution in [-0.2, 0) is 12.8 Å². The molecule has 0 heterocycles. The van der Waals surface area contributed by atoms with E-state index >= 15 is 0 Å². The molecular formula is C23H34F2. The summed E-state index contributed by atoms with van der Waals surface area (Å²) in [5.74, 6) is 0.957. The number of fused-ring (bicyclic) bond motifs is 1. The largest absolute Gasteiger partial charge is 0.204 e. The molecule has 0 aliphatic heterocycles. The van der Waals surface area contributed by atoms with Crippen LogP contribution in [0.25, 0.3) is 0 Å². The number of rotatable bonds is 7. The molecule has 1 atom stereocenters. The first kappa shape index (κ1) is 18.9. The number of benzene rings is 1. The van der Waals surface area contributed by atoms with Gasteiger partial charge in [-0.15, -0.1) is 0 Å². The highest BCUT2D eigenvalue weighted by atomic mass is 19.2. The fraction of sp³-hybridized carbons (Fsp3) is 0.739. The van der Waals surface area contributed by atoms with Crippen molar-refractivity contribution in [2.24, 2.45) is 17.8 Å². The molecule has 0 radical (unpaired) electrons. The first-order valence-electron chi connectivity index (χ1n) is 10.6. The first-order chi connectivity index (χ1) is 12.2. The van der Waals surface area contributed by atoms with Gasteiger partial charge < -0.3 is 0 Å². The third kappa shape index (κ3) is 4.83. The SMILES string of the molecule is CCCCCCCC1CCC(C2CCc3ccc(F)c(F)c3C2)CC1. The molecule has 1 unspecified atom stereocenters. The molecular weight excluding hydrogens is 314 g/mol. The van der Waals surface area contributed by atoms with E-state index in [4.69, 9.17) is 0 Å². The van der Waals surface area contributed by atoms with E-state index in [1.165, 1.54) is 70.3 Å². The monoisotopic (exact) mass is 348 g/mol. The van der Waals surface area contributed by atoms with Gasteiger partial charge in [0.25, 0.3) is 0 Å². The van der Waals surface area contributed by atoms with Crippen molar-refractivity contribution in [3.63, 3.8) is 0 Å². The Balaban J connectivity index is 1.45. The highest BCUT2D eigenvalue weighted by Crippen LogP contribution is 2.41. The minimum Gasteiger partial charge on any atom is -0.204 e. The van der Waals surface area contributed by atoms with Gasteiger partial charge in [-0.25, -0.2) is 8.78 Å². The topological polar surface area (TPSA) is 0 Å². The third-order valence-electron chi connectivity index (χ3n) is 6.82. The molecule has 25 heavy (non-hydrogen) atoms. The second kappa shape index (κ2) is 9.14. The number of unbranched alkanes of at least 4 members (excludes halogenated alkanes) is 4. The summed E-state index contributed by atoms with van der Waals surface area (Å²) < 4.78 is 27.7. The highest BCUT2D eigenvalue weighted by molar-refractivity contribution is 5.32. The summed E-state index contributed by atoms with van der Waals surface area (Å²) >= 11 is 0. The molecule has 1 aromatic carbocycles. The van der Waals surface area contributed by atoms with Crippen LogP contribution in [-0.4, -0.2) is 0 Å². The number of hydrogen-bond donors (Lipinski definition) is 0. The number of halogens is 2. The average molecular weight is 349 g/mol. The van der Waals surface area contributed by atoms with Crippen LogP contribution in [0.2, 0.25) is 0 Å². The van der Waals surface area contributed by atoms with E-state index in [1.807, 2.05) is 0 Å². The van der Waals surface area contributed by atoms with Gasteiger partial charge in [0.15, 0.2) is 11.6 Å². The molecule has 2 aliphatic rings. The third-order valence-corrected chi connectivity index (χ3v) is 6.82. The van der Waals surface area contributed by atoms with Crippen LogP contribution in [0.5, 0.6) is 0 Å². The molecule has 0 amide bonds. The molecule has 0 nitrogen and oxygen atoms in total. The van der Waals surface area contributed by atoms with E-state index in [2.05, 4.69) is 6.92 Å². The summed E-state index contributed by atoms with van der Waals surface area (Å²) in [5.41, 5.74) is 1.71. The molecule has 140 valence electrons. The van der Waals surface area contributed by atoms with Crippen molar-refractivity contribution in [2.45, 2.75) is 90.4 Å². The number of hydrogen-bond acceptors (Lipinski definition) is 0. The van der Waals surface area contributed by atoms with Gasteiger partial charge >= 0.3 is 0 Å². The number of aryl methyl sites for hydroxylation is 1. The highest BCUT2D eigenvalue weighted by Gasteiger charge is 2.31. The van der Waals surface area contributed by atoms with Gasteiger partial charge in [0.1, 0.15) is 0 Å². The first-order valence-corrected chi connectivity index (χ1v) is 10.6. The van der Waals surface area contributed by atoms with Gasteiger partial charge in [0.05, 0.1) is 0 Å². The Morgan fingerprint density at radius 3 is 2.40 bits per heavy atom. The summed E-state index contributed by atoms with van der Waals surface area (Å²) in [4.78, 5) is 0. The summed E-state index contributed by atoms with van der Waals surface area (Å²) in [6.45, 7) is 2.27. The summed E-state index contributed by atoms with van der Waals surface area (Å²) in [5, 5.41) is 0. The quantitative estimate of drug-likeness (QED) is 0.456. The van der Waals surface area contributed by atoms with Crippen molar-refractivity contribution < 1.29 is 8.78 Å². The molecule has 0 bridgehead atoms. The minimum absolute atomic E-state index is 0.564. The normalized spacial score (nSPS) is 26.4. The van der Waals surface area contributed by atoms with Gasteiger partial charge in [-0.1, -0.05) is 64.4 Å². The van der Waals surface area contributed by atoms with Gasteiger partial charge in [-0.2, -0.15) is 0 Å². The Morgan fingerprint density at radius 1 is 0.880 bits per heavy atom. The molecule has 1 saturated carbocycles. The van der Waals surface area contributed by atoms with E-state index in [9.17, 15) is 8.78 Å². The maximum atomic E-state index is 14.1. The summed E-state index contributed by atoms with van der Waals surface area (Å²) in [7, 11) is 0. The van der Waals surface area contributed by atoms with Gasteiger partial charge in [0.2, 0.25) is 0 Å². The average Bonchev–Trinajstić information content (AvgIpc) is 2.65. The fourth-order valence-corrected chi connectivity index (χ4v) is 5.18. The van der Waals surface area contributed by atoms with Crippen LogP contribution in [0.15, 0.2) is 12.1 Å². The predicted octanol–water partition coefficient (Wildman–Crippen LogP) is 7.24. The zero-order chi connectivity index (χ0) is 17.6. The van der Waals surface area contributed by atoms with Crippen LogP contribution in [0.1, 0.15) is 88.7 Å². The maximum Gasteiger partial charge on any atom is 0.162 e. The predicted molar refractivity (Wildman–Crippen MR) is 101 cm³/mol. The Morgan fingerprint density at radius 2 is 1.64 bits per heavy atom. The second-order valence-corrected chi connectivity index (χ2v) is 8.49. The van der Waals surface area contributed by atoms with Crippen molar-refractivity contribution in [1.82, 2.24) is 0 Å². The van der Waals surface area contributed by atoms with E-state index in [1.54, 1.807) is 6.07 Å². The molecule has 0 N–H and O–H groups in total. The second-order valence-electron chi connectivity index (χ2n) is 8.49. The van der Waals surface area contributed by atoms with Crippen LogP contribution in [0.4, 0.5) is 8.78 Å². The molecule has 3 rings (SSSR count). The van der Waals surface area contributed by atoms with E-state index in [0.717, 1.165) is 36.7 Å². The molecule has 1 fully saturated rings. The van der Waals surface area contributed by atoms with Crippen LogP contribution in [0.3, 0.4) is 0 Å². The van der Waals surface area contributed by atoms with Crippen molar-refractivity contribution in [1.29, 1.82) is 0 Å². The van der Waals surface area contributed by atoms with Crippen molar-refractivity contribution in [2.75, 3.05) is 0 Å². The molecule has 2 heteroatoms. The van der Waals surface area contributed by atoms with Crippen molar-refractivity contribution >= 4 is 0 Å². The minimum atomic E-state index is -0.675. The van der Waals surface area contributed by atoms with Crippen molar-refractivity contribution in [3.05, 3.63) is 34.9 Å². The van der Waals surface area contributed by atoms with Gasteiger partial charge in [-0.3, -0.25) is 0 Å². The van der Waals surface area contributed by atoms with Crippen LogP contribution >= 0.6 is 0 Å².